The van der Waals surface area contributed by atoms with E-state index >= 15 is 0 Å². The van der Waals surface area contributed by atoms with Crippen LogP contribution in [-0.4, -0.2) is 9.78 Å². The van der Waals surface area contributed by atoms with Gasteiger partial charge in [-0.2, -0.15) is 5.10 Å². The van der Waals surface area contributed by atoms with Gasteiger partial charge in [-0.25, -0.2) is 0 Å². The van der Waals surface area contributed by atoms with Gasteiger partial charge in [-0.15, -0.1) is 0 Å². The van der Waals surface area contributed by atoms with Crippen molar-refractivity contribution >= 4 is 0 Å². The summed E-state index contributed by atoms with van der Waals surface area (Å²) in [5.74, 6) is 5.81. The van der Waals surface area contributed by atoms with Crippen LogP contribution in [0, 0.1) is 20.8 Å². The normalized spacial score (nSPS) is 12.7. The second-order valence-electron chi connectivity index (χ2n) is 5.32. The smallest absolute Gasteiger partial charge is 0.0596 e. The molecule has 1 unspecified atom stereocenters. The lowest BCUT2D eigenvalue weighted by molar-refractivity contribution is 0.513. The number of aryl methyl sites for hydroxylation is 4. The molecule has 2 rings (SSSR count). The van der Waals surface area contributed by atoms with E-state index in [1.165, 1.54) is 22.4 Å². The van der Waals surface area contributed by atoms with Gasteiger partial charge in [-0.05, 0) is 50.5 Å². The van der Waals surface area contributed by atoms with Crippen LogP contribution < -0.4 is 11.3 Å². The number of hydrogen-bond acceptors (Lipinski definition) is 3. The molecule has 1 aromatic carbocycles. The molecule has 0 amide bonds. The molecule has 4 heteroatoms. The van der Waals surface area contributed by atoms with E-state index in [2.05, 4.69) is 55.6 Å². The summed E-state index contributed by atoms with van der Waals surface area (Å²) in [6, 6.07) is 8.60. The Bertz CT molecular complexity index is 566. The van der Waals surface area contributed by atoms with Gasteiger partial charge in [0.2, 0.25) is 0 Å². The number of rotatable bonds is 5. The molecule has 0 saturated carbocycles. The molecular formula is C16H24N4. The van der Waals surface area contributed by atoms with Crippen LogP contribution in [0.15, 0.2) is 24.3 Å². The predicted molar refractivity (Wildman–Crippen MR) is 82.3 cm³/mol. The number of nitrogens with zero attached hydrogens (tertiary/aromatic N) is 2. The van der Waals surface area contributed by atoms with Crippen molar-refractivity contribution in [2.75, 3.05) is 0 Å². The maximum atomic E-state index is 5.81. The van der Waals surface area contributed by atoms with Crippen molar-refractivity contribution in [3.05, 3.63) is 52.3 Å². The van der Waals surface area contributed by atoms with Crippen molar-refractivity contribution < 1.29 is 0 Å². The summed E-state index contributed by atoms with van der Waals surface area (Å²) in [6.07, 6.45) is 0.844. The average molecular weight is 272 g/mol. The second-order valence-corrected chi connectivity index (χ2v) is 5.32. The molecule has 0 saturated heterocycles. The van der Waals surface area contributed by atoms with Gasteiger partial charge in [0.15, 0.2) is 0 Å². The Balaban J connectivity index is 2.33. The van der Waals surface area contributed by atoms with Crippen molar-refractivity contribution in [1.29, 1.82) is 0 Å². The maximum absolute atomic E-state index is 5.81. The first-order valence-electron chi connectivity index (χ1n) is 7.12. The van der Waals surface area contributed by atoms with Gasteiger partial charge in [-0.3, -0.25) is 16.0 Å². The van der Waals surface area contributed by atoms with E-state index in [1.807, 2.05) is 11.6 Å². The summed E-state index contributed by atoms with van der Waals surface area (Å²) < 4.78 is 2.05. The van der Waals surface area contributed by atoms with Gasteiger partial charge in [0, 0.05) is 18.7 Å². The van der Waals surface area contributed by atoms with Crippen molar-refractivity contribution in [3.8, 4) is 0 Å². The van der Waals surface area contributed by atoms with E-state index in [0.29, 0.717) is 0 Å². The first-order chi connectivity index (χ1) is 9.56. The molecule has 0 aliphatic heterocycles. The molecule has 1 atom stereocenters. The highest BCUT2D eigenvalue weighted by atomic mass is 15.3. The lowest BCUT2D eigenvalue weighted by Crippen LogP contribution is -2.31. The van der Waals surface area contributed by atoms with Gasteiger partial charge in [-0.1, -0.05) is 18.2 Å². The zero-order chi connectivity index (χ0) is 14.7. The molecule has 1 aromatic heterocycles. The van der Waals surface area contributed by atoms with E-state index in [4.69, 9.17) is 5.84 Å². The molecule has 2 aromatic rings. The third-order valence-electron chi connectivity index (χ3n) is 3.79. The summed E-state index contributed by atoms with van der Waals surface area (Å²) in [5, 5.41) is 4.50. The Kier molecular flexibility index (Phi) is 4.57. The fourth-order valence-electron chi connectivity index (χ4n) is 2.87. The SMILES string of the molecule is CCn1nc(C)cc1CC(NN)c1c(C)cccc1C. The minimum atomic E-state index is 0.109. The molecule has 0 aliphatic carbocycles. The third kappa shape index (κ3) is 2.92. The van der Waals surface area contributed by atoms with E-state index in [9.17, 15) is 0 Å². The van der Waals surface area contributed by atoms with Crippen molar-refractivity contribution in [2.45, 2.75) is 46.7 Å². The number of benzene rings is 1. The Labute approximate surface area is 121 Å². The first-order valence-corrected chi connectivity index (χ1v) is 7.12. The predicted octanol–water partition coefficient (Wildman–Crippen LogP) is 2.58. The molecule has 0 radical (unpaired) electrons. The Morgan fingerprint density at radius 2 is 1.90 bits per heavy atom. The lowest BCUT2D eigenvalue weighted by Gasteiger charge is -2.21. The van der Waals surface area contributed by atoms with Crippen LogP contribution in [0.25, 0.3) is 0 Å². The summed E-state index contributed by atoms with van der Waals surface area (Å²) in [4.78, 5) is 0. The number of aromatic nitrogens is 2. The van der Waals surface area contributed by atoms with E-state index in [0.717, 1.165) is 18.7 Å². The molecule has 0 fully saturated rings. The van der Waals surface area contributed by atoms with Gasteiger partial charge in [0.05, 0.1) is 11.7 Å². The monoisotopic (exact) mass is 272 g/mol. The topological polar surface area (TPSA) is 55.9 Å². The van der Waals surface area contributed by atoms with E-state index in [-0.39, 0.29) is 6.04 Å². The molecular weight excluding hydrogens is 248 g/mol. The van der Waals surface area contributed by atoms with Gasteiger partial charge in [0.25, 0.3) is 0 Å². The molecule has 3 N–H and O–H groups in total. The minimum Gasteiger partial charge on any atom is -0.271 e. The second kappa shape index (κ2) is 6.20. The highest BCUT2D eigenvalue weighted by Crippen LogP contribution is 2.24. The molecule has 4 nitrogen and oxygen atoms in total. The molecule has 0 spiro atoms. The highest BCUT2D eigenvalue weighted by molar-refractivity contribution is 5.37. The molecule has 0 aliphatic rings. The number of nitrogens with one attached hydrogen (secondary N) is 1. The first kappa shape index (κ1) is 14.8. The van der Waals surface area contributed by atoms with Crippen molar-refractivity contribution in [2.24, 2.45) is 5.84 Å². The van der Waals surface area contributed by atoms with Gasteiger partial charge >= 0.3 is 0 Å². The fourth-order valence-corrected chi connectivity index (χ4v) is 2.87. The van der Waals surface area contributed by atoms with Crippen LogP contribution in [0.4, 0.5) is 0 Å². The Morgan fingerprint density at radius 3 is 2.45 bits per heavy atom. The average Bonchev–Trinajstić information content (AvgIpc) is 2.77. The summed E-state index contributed by atoms with van der Waals surface area (Å²) in [7, 11) is 0. The summed E-state index contributed by atoms with van der Waals surface area (Å²) >= 11 is 0. The third-order valence-corrected chi connectivity index (χ3v) is 3.79. The number of hydrogen-bond donors (Lipinski definition) is 2. The number of hydrazine groups is 1. The van der Waals surface area contributed by atoms with Crippen LogP contribution in [0.3, 0.4) is 0 Å². The van der Waals surface area contributed by atoms with Crippen LogP contribution in [0.5, 0.6) is 0 Å². The standard InChI is InChI=1S/C16H24N4/c1-5-20-14(9-13(4)19-20)10-15(18-17)16-11(2)7-6-8-12(16)3/h6-9,15,18H,5,10,17H2,1-4H3. The maximum Gasteiger partial charge on any atom is 0.0596 e. The van der Waals surface area contributed by atoms with Crippen molar-refractivity contribution in [1.82, 2.24) is 15.2 Å². The molecule has 0 bridgehead atoms. The lowest BCUT2D eigenvalue weighted by atomic mass is 9.93. The van der Waals surface area contributed by atoms with Crippen LogP contribution >= 0.6 is 0 Å². The van der Waals surface area contributed by atoms with Crippen LogP contribution in [-0.2, 0) is 13.0 Å². The highest BCUT2D eigenvalue weighted by Gasteiger charge is 2.17. The van der Waals surface area contributed by atoms with Gasteiger partial charge in [0.1, 0.15) is 0 Å². The molecule has 20 heavy (non-hydrogen) atoms. The summed E-state index contributed by atoms with van der Waals surface area (Å²) in [5.41, 5.74) is 9.07. The van der Waals surface area contributed by atoms with Crippen LogP contribution in [0.2, 0.25) is 0 Å². The van der Waals surface area contributed by atoms with Gasteiger partial charge < -0.3 is 0 Å². The Hall–Kier alpha value is -1.65. The molecule has 1 heterocycles. The van der Waals surface area contributed by atoms with E-state index in [1.54, 1.807) is 0 Å². The largest absolute Gasteiger partial charge is 0.271 e. The summed E-state index contributed by atoms with van der Waals surface area (Å²) in [6.45, 7) is 9.29. The number of nitrogens with two attached hydrogens (primary N) is 1. The zero-order valence-corrected chi connectivity index (χ0v) is 12.8. The quantitative estimate of drug-likeness (QED) is 0.650. The fraction of sp³-hybridized carbons (Fsp3) is 0.438. The Morgan fingerprint density at radius 1 is 1.25 bits per heavy atom. The minimum absolute atomic E-state index is 0.109. The van der Waals surface area contributed by atoms with E-state index < -0.39 is 0 Å². The zero-order valence-electron chi connectivity index (χ0n) is 12.8. The van der Waals surface area contributed by atoms with Crippen molar-refractivity contribution in [3.63, 3.8) is 0 Å². The molecule has 108 valence electrons. The van der Waals surface area contributed by atoms with Crippen LogP contribution in [0.1, 0.15) is 41.0 Å².